The van der Waals surface area contributed by atoms with Gasteiger partial charge in [-0.15, -0.1) is 0 Å². The average molecular weight is 453 g/mol. The van der Waals surface area contributed by atoms with Crippen LogP contribution in [0.15, 0.2) is 42.7 Å². The van der Waals surface area contributed by atoms with E-state index in [0.717, 1.165) is 47.6 Å². The first-order valence-electron chi connectivity index (χ1n) is 11.1. The fourth-order valence-corrected chi connectivity index (χ4v) is 4.73. The molecule has 172 valence electrons. The molecular weight excluding hydrogens is 426 g/mol. The molecule has 0 N–H and O–H groups in total. The molecule has 1 aromatic heterocycles. The molecule has 0 saturated carbocycles. The molecule has 33 heavy (non-hydrogen) atoms. The van der Waals surface area contributed by atoms with Gasteiger partial charge in [0.2, 0.25) is 5.91 Å². The van der Waals surface area contributed by atoms with Gasteiger partial charge in [0.15, 0.2) is 0 Å². The van der Waals surface area contributed by atoms with E-state index in [4.69, 9.17) is 4.74 Å². The second kappa shape index (κ2) is 8.50. The van der Waals surface area contributed by atoms with Crippen molar-refractivity contribution in [3.05, 3.63) is 59.4 Å². The highest BCUT2D eigenvalue weighted by Gasteiger charge is 2.26. The molecule has 0 radical (unpaired) electrons. The molecule has 3 heterocycles. The van der Waals surface area contributed by atoms with E-state index in [-0.39, 0.29) is 11.5 Å². The van der Waals surface area contributed by atoms with E-state index in [1.807, 2.05) is 24.3 Å². The van der Waals surface area contributed by atoms with Gasteiger partial charge in [-0.25, -0.2) is 8.78 Å². The molecular formula is C25H26F2N4O2. The molecule has 0 saturated heterocycles. The Balaban J connectivity index is 1.56. The van der Waals surface area contributed by atoms with Crippen molar-refractivity contribution in [3.8, 4) is 16.9 Å². The van der Waals surface area contributed by atoms with Crippen molar-refractivity contribution in [2.75, 3.05) is 24.6 Å². The lowest BCUT2D eigenvalue weighted by Gasteiger charge is -2.33. The largest absolute Gasteiger partial charge is 0.491 e. The number of fused-ring (bicyclic) bond motifs is 2. The van der Waals surface area contributed by atoms with Crippen LogP contribution in [-0.2, 0) is 24.8 Å². The van der Waals surface area contributed by atoms with Crippen LogP contribution in [0.2, 0.25) is 0 Å². The highest BCUT2D eigenvalue weighted by atomic mass is 19.3. The number of hydrogen-bond acceptors (Lipinski definition) is 4. The minimum Gasteiger partial charge on any atom is -0.491 e. The molecule has 0 aliphatic carbocycles. The summed E-state index contributed by atoms with van der Waals surface area (Å²) in [5, 5.41) is 4.16. The normalized spacial score (nSPS) is 15.7. The van der Waals surface area contributed by atoms with E-state index in [0.29, 0.717) is 30.8 Å². The van der Waals surface area contributed by atoms with E-state index in [2.05, 4.69) is 10.00 Å². The zero-order valence-electron chi connectivity index (χ0n) is 18.7. The number of amides is 1. The third-order valence-electron chi connectivity index (χ3n) is 6.40. The van der Waals surface area contributed by atoms with Crippen LogP contribution in [0.3, 0.4) is 0 Å². The maximum atomic E-state index is 14.1. The first kappa shape index (κ1) is 21.4. The van der Waals surface area contributed by atoms with E-state index in [9.17, 15) is 13.6 Å². The first-order valence-corrected chi connectivity index (χ1v) is 11.1. The zero-order chi connectivity index (χ0) is 23.1. The van der Waals surface area contributed by atoms with Crippen LogP contribution in [-0.4, -0.2) is 40.3 Å². The second-order valence-corrected chi connectivity index (χ2v) is 8.61. The molecule has 8 heteroatoms. The Labute approximate surface area is 191 Å². The van der Waals surface area contributed by atoms with E-state index < -0.39 is 6.43 Å². The Hall–Kier alpha value is -3.42. The number of anilines is 2. The van der Waals surface area contributed by atoms with Crippen LogP contribution in [0.4, 0.5) is 20.2 Å². The molecule has 2 aromatic carbocycles. The highest BCUT2D eigenvalue weighted by molar-refractivity contribution is 5.77. The Morgan fingerprint density at radius 2 is 2.00 bits per heavy atom. The summed E-state index contributed by atoms with van der Waals surface area (Å²) in [4.78, 5) is 15.8. The van der Waals surface area contributed by atoms with Gasteiger partial charge in [0.1, 0.15) is 12.4 Å². The maximum absolute atomic E-state index is 14.1. The van der Waals surface area contributed by atoms with Crippen LogP contribution in [0.5, 0.6) is 5.75 Å². The number of nitrogens with zero attached hydrogens (tertiary/aromatic N) is 4. The first-order chi connectivity index (χ1) is 15.9. The molecule has 6 nitrogen and oxygen atoms in total. The van der Waals surface area contributed by atoms with Crippen molar-refractivity contribution in [1.29, 1.82) is 0 Å². The monoisotopic (exact) mass is 452 g/mol. The molecule has 3 aromatic rings. The molecule has 1 amide bonds. The van der Waals surface area contributed by atoms with E-state index >= 15 is 0 Å². The number of carbonyl (C=O) groups is 1. The summed E-state index contributed by atoms with van der Waals surface area (Å²) in [5.41, 5.74) is 4.93. The van der Waals surface area contributed by atoms with Gasteiger partial charge in [0.05, 0.1) is 12.7 Å². The van der Waals surface area contributed by atoms with Crippen LogP contribution < -0.4 is 9.64 Å². The van der Waals surface area contributed by atoms with Crippen molar-refractivity contribution >= 4 is 17.3 Å². The third-order valence-corrected chi connectivity index (χ3v) is 6.40. The number of aromatic nitrogens is 2. The number of carbonyl (C=O) groups excluding carboxylic acids is 1. The van der Waals surface area contributed by atoms with Crippen molar-refractivity contribution in [1.82, 2.24) is 14.7 Å². The summed E-state index contributed by atoms with van der Waals surface area (Å²) in [5.74, 6) is 0.768. The molecule has 0 atom stereocenters. The fourth-order valence-electron chi connectivity index (χ4n) is 4.73. The van der Waals surface area contributed by atoms with E-state index in [1.165, 1.54) is 0 Å². The lowest BCUT2D eigenvalue weighted by Crippen LogP contribution is -2.30. The molecule has 0 bridgehead atoms. The standard InChI is InChI=1S/C25H26F2N4O2/c1-16(32)30-8-9-33-24-6-5-20(10-18(24)15-30)31-7-3-4-17-11-21(19-13-28-29(2)14-19)22(25(26)27)12-23(17)31/h5-6,10-14,25H,3-4,7-9,15H2,1-2H3. The number of benzene rings is 2. The predicted molar refractivity (Wildman–Crippen MR) is 122 cm³/mol. The smallest absolute Gasteiger partial charge is 0.264 e. The lowest BCUT2D eigenvalue weighted by atomic mass is 9.92. The topological polar surface area (TPSA) is 50.6 Å². The number of alkyl halides is 2. The van der Waals surface area contributed by atoms with Gasteiger partial charge in [0, 0.05) is 61.3 Å². The van der Waals surface area contributed by atoms with Gasteiger partial charge in [0.25, 0.3) is 6.43 Å². The molecule has 5 rings (SSSR count). The van der Waals surface area contributed by atoms with Gasteiger partial charge in [-0.2, -0.15) is 5.10 Å². The Bertz CT molecular complexity index is 1210. The molecule has 2 aliphatic rings. The zero-order valence-corrected chi connectivity index (χ0v) is 18.7. The molecule has 2 aliphatic heterocycles. The molecule has 0 unspecified atom stereocenters. The summed E-state index contributed by atoms with van der Waals surface area (Å²) in [6, 6.07) is 9.42. The Morgan fingerprint density at radius 3 is 2.73 bits per heavy atom. The SMILES string of the molecule is CC(=O)N1CCOc2ccc(N3CCCc4cc(-c5cnn(C)c5)c(C(F)F)cc43)cc2C1. The fraction of sp³-hybridized carbons (Fsp3) is 0.360. The number of hydrogen-bond donors (Lipinski definition) is 0. The second-order valence-electron chi connectivity index (χ2n) is 8.61. The van der Waals surface area contributed by atoms with Gasteiger partial charge in [-0.1, -0.05) is 0 Å². The van der Waals surface area contributed by atoms with Gasteiger partial charge in [-0.05, 0) is 54.3 Å². The number of halogens is 2. The van der Waals surface area contributed by atoms with Gasteiger partial charge in [-0.3, -0.25) is 9.48 Å². The van der Waals surface area contributed by atoms with Crippen molar-refractivity contribution in [2.45, 2.75) is 32.7 Å². The molecule has 0 fully saturated rings. The maximum Gasteiger partial charge on any atom is 0.264 e. The van der Waals surface area contributed by atoms with Crippen LogP contribution >= 0.6 is 0 Å². The average Bonchev–Trinajstić information content (AvgIpc) is 3.11. The number of rotatable bonds is 3. The minimum absolute atomic E-state index is 0.00433. The number of aryl methyl sites for hydroxylation is 2. The lowest BCUT2D eigenvalue weighted by molar-refractivity contribution is -0.129. The summed E-state index contributed by atoms with van der Waals surface area (Å²) < 4.78 is 35.7. The predicted octanol–water partition coefficient (Wildman–Crippen LogP) is 4.85. The Morgan fingerprint density at radius 1 is 1.15 bits per heavy atom. The summed E-state index contributed by atoms with van der Waals surface area (Å²) in [6.45, 7) is 3.76. The third kappa shape index (κ3) is 4.05. The van der Waals surface area contributed by atoms with Crippen LogP contribution in [0.1, 0.15) is 36.5 Å². The Kier molecular flexibility index (Phi) is 5.52. The van der Waals surface area contributed by atoms with Gasteiger partial charge >= 0.3 is 0 Å². The van der Waals surface area contributed by atoms with E-state index in [1.54, 1.807) is 42.0 Å². The summed E-state index contributed by atoms with van der Waals surface area (Å²) in [6.07, 6.45) is 2.54. The summed E-state index contributed by atoms with van der Waals surface area (Å²) in [7, 11) is 1.78. The quantitative estimate of drug-likeness (QED) is 0.570. The van der Waals surface area contributed by atoms with Crippen LogP contribution in [0.25, 0.3) is 11.1 Å². The summed E-state index contributed by atoms with van der Waals surface area (Å²) >= 11 is 0. The van der Waals surface area contributed by atoms with Crippen LogP contribution in [0, 0.1) is 0 Å². The highest BCUT2D eigenvalue weighted by Crippen LogP contribution is 2.42. The molecule has 0 spiro atoms. The minimum atomic E-state index is -2.60. The van der Waals surface area contributed by atoms with Crippen molar-refractivity contribution in [3.63, 3.8) is 0 Å². The number of ether oxygens (including phenoxy) is 1. The van der Waals surface area contributed by atoms with Crippen molar-refractivity contribution < 1.29 is 18.3 Å². The van der Waals surface area contributed by atoms with Crippen molar-refractivity contribution in [2.24, 2.45) is 7.05 Å². The van der Waals surface area contributed by atoms with Gasteiger partial charge < -0.3 is 14.5 Å².